The molecule has 2 aromatic rings. The van der Waals surface area contributed by atoms with Gasteiger partial charge in [0.1, 0.15) is 18.3 Å². The molecule has 2 atom stereocenters. The summed E-state index contributed by atoms with van der Waals surface area (Å²) in [7, 11) is 1.25. The Hall–Kier alpha value is -4.08. The first-order valence-corrected chi connectivity index (χ1v) is 10.3. The number of phenolic OH excluding ortho intramolecular Hbond substituents is 1. The second-order valence-corrected chi connectivity index (χ2v) is 7.86. The third-order valence-corrected chi connectivity index (χ3v) is 5.26. The molecule has 0 radical (unpaired) electrons. The van der Waals surface area contributed by atoms with Crippen molar-refractivity contribution in [2.45, 2.75) is 31.8 Å². The Morgan fingerprint density at radius 2 is 1.91 bits per heavy atom. The van der Waals surface area contributed by atoms with Gasteiger partial charge in [0.25, 0.3) is 5.91 Å². The van der Waals surface area contributed by atoms with Crippen molar-refractivity contribution < 1.29 is 29.0 Å². The van der Waals surface area contributed by atoms with Gasteiger partial charge in [-0.1, -0.05) is 12.1 Å². The molecule has 0 saturated heterocycles. The van der Waals surface area contributed by atoms with E-state index in [9.17, 15) is 24.3 Å². The Morgan fingerprint density at radius 3 is 2.58 bits per heavy atom. The van der Waals surface area contributed by atoms with Crippen molar-refractivity contribution in [3.63, 3.8) is 0 Å². The predicted molar refractivity (Wildman–Crippen MR) is 120 cm³/mol. The first-order valence-electron chi connectivity index (χ1n) is 10.3. The fourth-order valence-corrected chi connectivity index (χ4v) is 3.60. The zero-order valence-corrected chi connectivity index (χ0v) is 18.3. The molecular formula is C23H26N4O6. The van der Waals surface area contributed by atoms with Gasteiger partial charge in [-0.25, -0.2) is 0 Å². The van der Waals surface area contributed by atoms with Crippen LogP contribution in [0.1, 0.15) is 29.3 Å². The zero-order valence-electron chi connectivity index (χ0n) is 18.3. The number of rotatable bonds is 7. The number of ether oxygens (including phenoxy) is 1. The first-order chi connectivity index (χ1) is 15.7. The number of nitrogens with zero attached hydrogens (tertiary/aromatic N) is 1. The van der Waals surface area contributed by atoms with E-state index in [1.54, 1.807) is 31.2 Å². The second-order valence-electron chi connectivity index (χ2n) is 7.86. The van der Waals surface area contributed by atoms with Gasteiger partial charge in [-0.2, -0.15) is 0 Å². The number of methoxy groups -OCH3 is 1. The molecule has 10 heteroatoms. The molecule has 0 aliphatic carbocycles. The largest absolute Gasteiger partial charge is 0.508 e. The number of carbonyl (C=O) groups is 4. The maximum absolute atomic E-state index is 13.4. The van der Waals surface area contributed by atoms with Gasteiger partial charge < -0.3 is 31.1 Å². The maximum atomic E-state index is 13.4. The zero-order chi connectivity index (χ0) is 24.1. The third kappa shape index (κ3) is 5.79. The first kappa shape index (κ1) is 23.6. The summed E-state index contributed by atoms with van der Waals surface area (Å²) in [5.74, 6) is -1.94. The molecule has 0 saturated carbocycles. The topological polar surface area (TPSA) is 151 Å². The lowest BCUT2D eigenvalue weighted by molar-refractivity contribution is -0.141. The quantitative estimate of drug-likeness (QED) is 0.360. The van der Waals surface area contributed by atoms with Crippen molar-refractivity contribution in [3.05, 3.63) is 53.6 Å². The van der Waals surface area contributed by atoms with Crippen LogP contribution in [-0.2, 0) is 25.5 Å². The van der Waals surface area contributed by atoms with Crippen LogP contribution < -0.4 is 16.4 Å². The van der Waals surface area contributed by atoms with Crippen LogP contribution in [0.2, 0.25) is 0 Å². The fraction of sp³-hybridized carbons (Fsp3) is 0.304. The number of nitrogen functional groups attached to an aromatic ring is 1. The minimum atomic E-state index is -1.00. The van der Waals surface area contributed by atoms with Crippen molar-refractivity contribution in [2.75, 3.05) is 24.7 Å². The van der Waals surface area contributed by atoms with Crippen molar-refractivity contribution in [2.24, 2.45) is 0 Å². The van der Waals surface area contributed by atoms with E-state index < -0.39 is 42.3 Å². The molecule has 0 spiro atoms. The van der Waals surface area contributed by atoms with E-state index in [0.717, 1.165) is 0 Å². The van der Waals surface area contributed by atoms with Crippen LogP contribution in [0, 0.1) is 0 Å². The average Bonchev–Trinajstić information content (AvgIpc) is 2.85. The number of hydrogen-bond acceptors (Lipinski definition) is 7. The number of benzene rings is 2. The van der Waals surface area contributed by atoms with Gasteiger partial charge in [0.15, 0.2) is 0 Å². The maximum Gasteiger partial charge on any atom is 0.307 e. The van der Waals surface area contributed by atoms with Crippen molar-refractivity contribution in [1.82, 2.24) is 10.2 Å². The summed E-state index contributed by atoms with van der Waals surface area (Å²) < 4.78 is 4.60. The SMILES string of the molecule is COC(=O)C[C@H](C)NC(=O)CN1C(=O)c2cc(N)ccc2NC(=O)[C@@H]1Cc1ccc(O)cc1. The number of amides is 3. The number of phenols is 1. The molecule has 2 aromatic carbocycles. The van der Waals surface area contributed by atoms with Gasteiger partial charge in [-0.15, -0.1) is 0 Å². The number of esters is 1. The Labute approximate surface area is 190 Å². The number of fused-ring (bicyclic) bond motifs is 1. The summed E-state index contributed by atoms with van der Waals surface area (Å²) in [6, 6.07) is 9.26. The smallest absolute Gasteiger partial charge is 0.307 e. The third-order valence-electron chi connectivity index (χ3n) is 5.26. The second kappa shape index (κ2) is 10.0. The minimum absolute atomic E-state index is 0.0347. The van der Waals surface area contributed by atoms with E-state index in [0.29, 0.717) is 16.9 Å². The number of aromatic hydroxyl groups is 1. The molecule has 3 rings (SSSR count). The van der Waals surface area contributed by atoms with Crippen molar-refractivity contribution in [3.8, 4) is 5.75 Å². The van der Waals surface area contributed by atoms with Crippen LogP contribution in [0.5, 0.6) is 5.75 Å². The molecule has 10 nitrogen and oxygen atoms in total. The Kier molecular flexibility index (Phi) is 7.17. The van der Waals surface area contributed by atoms with Gasteiger partial charge in [-0.3, -0.25) is 19.2 Å². The van der Waals surface area contributed by atoms with E-state index in [2.05, 4.69) is 15.4 Å². The van der Waals surface area contributed by atoms with Crippen LogP contribution in [0.25, 0.3) is 0 Å². The highest BCUT2D eigenvalue weighted by Crippen LogP contribution is 2.27. The van der Waals surface area contributed by atoms with Gasteiger partial charge in [0.2, 0.25) is 11.8 Å². The van der Waals surface area contributed by atoms with Crippen molar-refractivity contribution >= 4 is 35.1 Å². The monoisotopic (exact) mass is 454 g/mol. The molecule has 33 heavy (non-hydrogen) atoms. The Morgan fingerprint density at radius 1 is 1.21 bits per heavy atom. The van der Waals surface area contributed by atoms with Crippen LogP contribution in [0.3, 0.4) is 0 Å². The standard InChI is InChI=1S/C23H26N4O6/c1-13(9-21(30)33-2)25-20(29)12-27-19(10-14-3-6-16(28)7-4-14)22(31)26-18-8-5-15(24)11-17(18)23(27)32/h3-8,11,13,19,28H,9-10,12,24H2,1-2H3,(H,25,29)(H,26,31)/t13-,19-/m0/s1. The van der Waals surface area contributed by atoms with E-state index in [1.807, 2.05) is 0 Å². The number of carbonyl (C=O) groups excluding carboxylic acids is 4. The molecule has 0 fully saturated rings. The average molecular weight is 454 g/mol. The Bertz CT molecular complexity index is 1070. The summed E-state index contributed by atoms with van der Waals surface area (Å²) in [5.41, 5.74) is 7.35. The van der Waals surface area contributed by atoms with E-state index >= 15 is 0 Å². The summed E-state index contributed by atoms with van der Waals surface area (Å²) in [6.07, 6.45) is 0.0826. The fourth-order valence-electron chi connectivity index (χ4n) is 3.60. The molecule has 5 N–H and O–H groups in total. The minimum Gasteiger partial charge on any atom is -0.508 e. The molecule has 3 amide bonds. The highest BCUT2D eigenvalue weighted by atomic mass is 16.5. The molecule has 0 unspecified atom stereocenters. The lowest BCUT2D eigenvalue weighted by Crippen LogP contribution is -2.51. The normalized spacial score (nSPS) is 16.3. The summed E-state index contributed by atoms with van der Waals surface area (Å²) in [4.78, 5) is 51.9. The lowest BCUT2D eigenvalue weighted by atomic mass is 10.0. The van der Waals surface area contributed by atoms with Gasteiger partial charge in [0.05, 0.1) is 24.8 Å². The number of nitrogens with two attached hydrogens (primary N) is 1. The predicted octanol–water partition coefficient (Wildman–Crippen LogP) is 1.05. The molecular weight excluding hydrogens is 428 g/mol. The molecule has 1 aliphatic rings. The van der Waals surface area contributed by atoms with Crippen LogP contribution in [0.15, 0.2) is 42.5 Å². The van der Waals surface area contributed by atoms with Crippen molar-refractivity contribution in [1.29, 1.82) is 0 Å². The van der Waals surface area contributed by atoms with E-state index in [-0.39, 0.29) is 24.2 Å². The van der Waals surface area contributed by atoms with Crippen LogP contribution in [0.4, 0.5) is 11.4 Å². The van der Waals surface area contributed by atoms with Gasteiger partial charge in [-0.05, 0) is 42.8 Å². The molecule has 174 valence electrons. The van der Waals surface area contributed by atoms with E-state index in [1.165, 1.54) is 30.2 Å². The highest BCUT2D eigenvalue weighted by molar-refractivity contribution is 6.11. The van der Waals surface area contributed by atoms with E-state index in [4.69, 9.17) is 5.73 Å². The van der Waals surface area contributed by atoms with Crippen LogP contribution >= 0.6 is 0 Å². The summed E-state index contributed by atoms with van der Waals surface area (Å²) >= 11 is 0. The summed E-state index contributed by atoms with van der Waals surface area (Å²) in [5, 5.41) is 14.9. The number of hydrogen-bond donors (Lipinski definition) is 4. The number of nitrogens with one attached hydrogen (secondary N) is 2. The molecule has 1 aliphatic heterocycles. The molecule has 0 bridgehead atoms. The highest BCUT2D eigenvalue weighted by Gasteiger charge is 2.36. The molecule has 1 heterocycles. The van der Waals surface area contributed by atoms with Gasteiger partial charge >= 0.3 is 5.97 Å². The molecule has 0 aromatic heterocycles. The lowest BCUT2D eigenvalue weighted by Gasteiger charge is -2.29. The summed E-state index contributed by atoms with van der Waals surface area (Å²) in [6.45, 7) is 1.23. The Balaban J connectivity index is 1.89. The van der Waals surface area contributed by atoms with Crippen LogP contribution in [-0.4, -0.2) is 59.4 Å². The number of anilines is 2. The van der Waals surface area contributed by atoms with Gasteiger partial charge in [0, 0.05) is 18.2 Å².